The molecule has 0 unspecified atom stereocenters. The maximum Gasteiger partial charge on any atom is 0.123 e. The Kier molecular flexibility index (Phi) is 2.61. The molecule has 3 rings (SSSR count). The van der Waals surface area contributed by atoms with Gasteiger partial charge in [0, 0.05) is 24.2 Å². The Bertz CT molecular complexity index is 662. The average Bonchev–Trinajstić information content (AvgIpc) is 2.89. The van der Waals surface area contributed by atoms with Crippen LogP contribution in [0.15, 0.2) is 61.1 Å². The Morgan fingerprint density at radius 3 is 2.61 bits per heavy atom. The molecule has 0 radical (unpaired) electrons. The van der Waals surface area contributed by atoms with Crippen molar-refractivity contribution < 1.29 is 4.39 Å². The lowest BCUT2D eigenvalue weighted by Crippen LogP contribution is -1.94. The van der Waals surface area contributed by atoms with Crippen molar-refractivity contribution in [3.63, 3.8) is 0 Å². The van der Waals surface area contributed by atoms with Gasteiger partial charge >= 0.3 is 0 Å². The van der Waals surface area contributed by atoms with E-state index in [1.807, 2.05) is 30.5 Å². The first-order valence-corrected chi connectivity index (χ1v) is 5.55. The molecule has 2 heterocycles. The standard InChI is InChI=1S/C14H10FN3/c15-12-3-1-2-11(10-12)14-6-9-18(17-14)13-4-7-16-8-5-13/h1-10H. The van der Waals surface area contributed by atoms with Gasteiger partial charge in [0.15, 0.2) is 0 Å². The van der Waals surface area contributed by atoms with E-state index in [-0.39, 0.29) is 5.82 Å². The molecule has 0 spiro atoms. The van der Waals surface area contributed by atoms with Gasteiger partial charge in [0.2, 0.25) is 0 Å². The zero-order valence-corrected chi connectivity index (χ0v) is 9.49. The normalized spacial score (nSPS) is 10.5. The summed E-state index contributed by atoms with van der Waals surface area (Å²) in [6.45, 7) is 0. The molecule has 0 amide bonds. The second-order valence-electron chi connectivity index (χ2n) is 3.86. The number of hydrogen-bond donors (Lipinski definition) is 0. The summed E-state index contributed by atoms with van der Waals surface area (Å²) in [5.41, 5.74) is 2.43. The van der Waals surface area contributed by atoms with Crippen LogP contribution in [0.2, 0.25) is 0 Å². The van der Waals surface area contributed by atoms with E-state index in [4.69, 9.17) is 0 Å². The highest BCUT2D eigenvalue weighted by Crippen LogP contribution is 2.19. The quantitative estimate of drug-likeness (QED) is 0.688. The number of hydrogen-bond acceptors (Lipinski definition) is 2. The second-order valence-corrected chi connectivity index (χ2v) is 3.86. The molecule has 0 saturated heterocycles. The third-order valence-electron chi connectivity index (χ3n) is 2.64. The van der Waals surface area contributed by atoms with E-state index in [9.17, 15) is 4.39 Å². The van der Waals surface area contributed by atoms with Gasteiger partial charge in [-0.05, 0) is 30.3 Å². The first-order valence-electron chi connectivity index (χ1n) is 5.55. The fourth-order valence-corrected chi connectivity index (χ4v) is 1.77. The summed E-state index contributed by atoms with van der Waals surface area (Å²) >= 11 is 0. The molecule has 0 N–H and O–H groups in total. The van der Waals surface area contributed by atoms with Crippen molar-refractivity contribution in [3.8, 4) is 16.9 Å². The van der Waals surface area contributed by atoms with E-state index in [0.717, 1.165) is 16.9 Å². The molecule has 88 valence electrons. The van der Waals surface area contributed by atoms with E-state index in [1.54, 1.807) is 23.1 Å². The molecular weight excluding hydrogens is 229 g/mol. The van der Waals surface area contributed by atoms with Crippen molar-refractivity contribution in [2.45, 2.75) is 0 Å². The molecule has 3 aromatic rings. The lowest BCUT2D eigenvalue weighted by atomic mass is 10.1. The van der Waals surface area contributed by atoms with Crippen molar-refractivity contribution in [3.05, 3.63) is 66.9 Å². The van der Waals surface area contributed by atoms with Crippen LogP contribution in [-0.4, -0.2) is 14.8 Å². The van der Waals surface area contributed by atoms with E-state index in [2.05, 4.69) is 10.1 Å². The number of rotatable bonds is 2. The molecule has 0 fully saturated rings. The highest BCUT2D eigenvalue weighted by molar-refractivity contribution is 5.58. The predicted molar refractivity (Wildman–Crippen MR) is 66.8 cm³/mol. The summed E-state index contributed by atoms with van der Waals surface area (Å²) < 4.78 is 14.9. The van der Waals surface area contributed by atoms with Crippen molar-refractivity contribution in [2.24, 2.45) is 0 Å². The van der Waals surface area contributed by atoms with Crippen LogP contribution in [0.25, 0.3) is 16.9 Å². The summed E-state index contributed by atoms with van der Waals surface area (Å²) in [6.07, 6.45) is 5.26. The van der Waals surface area contributed by atoms with Gasteiger partial charge in [-0.1, -0.05) is 12.1 Å². The Labute approximate surface area is 104 Å². The summed E-state index contributed by atoms with van der Waals surface area (Å²) in [5.74, 6) is -0.258. The van der Waals surface area contributed by atoms with E-state index in [0.29, 0.717) is 0 Å². The van der Waals surface area contributed by atoms with Crippen LogP contribution in [0.5, 0.6) is 0 Å². The van der Waals surface area contributed by atoms with Crippen LogP contribution in [0.3, 0.4) is 0 Å². The Morgan fingerprint density at radius 1 is 1.00 bits per heavy atom. The molecule has 4 heteroatoms. The van der Waals surface area contributed by atoms with Gasteiger partial charge in [-0.25, -0.2) is 9.07 Å². The SMILES string of the molecule is Fc1cccc(-c2ccn(-c3ccncc3)n2)c1. The number of halogens is 1. The molecule has 18 heavy (non-hydrogen) atoms. The minimum atomic E-state index is -0.258. The molecule has 0 saturated carbocycles. The van der Waals surface area contributed by atoms with Crippen LogP contribution in [0.1, 0.15) is 0 Å². The predicted octanol–water partition coefficient (Wildman–Crippen LogP) is 3.07. The number of pyridine rings is 1. The summed E-state index contributed by atoms with van der Waals surface area (Å²) in [6, 6.07) is 12.0. The van der Waals surface area contributed by atoms with Crippen molar-refractivity contribution in [1.29, 1.82) is 0 Å². The minimum absolute atomic E-state index is 0.258. The van der Waals surface area contributed by atoms with Gasteiger partial charge in [-0.3, -0.25) is 4.98 Å². The molecule has 0 aliphatic rings. The molecule has 0 aliphatic heterocycles. The summed E-state index contributed by atoms with van der Waals surface area (Å²) in [5, 5.41) is 4.41. The summed E-state index contributed by atoms with van der Waals surface area (Å²) in [4.78, 5) is 3.96. The van der Waals surface area contributed by atoms with Crippen LogP contribution >= 0.6 is 0 Å². The number of aromatic nitrogens is 3. The maximum atomic E-state index is 13.1. The van der Waals surface area contributed by atoms with Crippen LogP contribution in [0.4, 0.5) is 4.39 Å². The lowest BCUT2D eigenvalue weighted by Gasteiger charge is -2.00. The lowest BCUT2D eigenvalue weighted by molar-refractivity contribution is 0.628. The van der Waals surface area contributed by atoms with E-state index in [1.165, 1.54) is 12.1 Å². The summed E-state index contributed by atoms with van der Waals surface area (Å²) in [7, 11) is 0. The Hall–Kier alpha value is -2.49. The molecule has 0 atom stereocenters. The van der Waals surface area contributed by atoms with Gasteiger partial charge in [0.05, 0.1) is 11.4 Å². The minimum Gasteiger partial charge on any atom is -0.265 e. The second kappa shape index (κ2) is 4.41. The van der Waals surface area contributed by atoms with Gasteiger partial charge in [0.25, 0.3) is 0 Å². The van der Waals surface area contributed by atoms with Crippen LogP contribution in [-0.2, 0) is 0 Å². The van der Waals surface area contributed by atoms with Crippen molar-refractivity contribution in [1.82, 2.24) is 14.8 Å². The average molecular weight is 239 g/mol. The van der Waals surface area contributed by atoms with E-state index >= 15 is 0 Å². The van der Waals surface area contributed by atoms with Crippen molar-refractivity contribution >= 4 is 0 Å². The largest absolute Gasteiger partial charge is 0.265 e. The van der Waals surface area contributed by atoms with Gasteiger partial charge in [-0.2, -0.15) is 5.10 Å². The first kappa shape index (κ1) is 10.7. The molecule has 0 aliphatic carbocycles. The Balaban J connectivity index is 2.00. The zero-order chi connectivity index (χ0) is 12.4. The zero-order valence-electron chi connectivity index (χ0n) is 9.49. The molecule has 3 nitrogen and oxygen atoms in total. The molecule has 0 bridgehead atoms. The molecule has 2 aromatic heterocycles. The Morgan fingerprint density at radius 2 is 1.83 bits per heavy atom. The number of benzene rings is 1. The highest BCUT2D eigenvalue weighted by Gasteiger charge is 2.04. The fourth-order valence-electron chi connectivity index (χ4n) is 1.77. The third kappa shape index (κ3) is 2.00. The fraction of sp³-hybridized carbons (Fsp3) is 0. The number of nitrogens with zero attached hydrogens (tertiary/aromatic N) is 3. The highest BCUT2D eigenvalue weighted by atomic mass is 19.1. The van der Waals surface area contributed by atoms with Gasteiger partial charge < -0.3 is 0 Å². The van der Waals surface area contributed by atoms with E-state index < -0.39 is 0 Å². The van der Waals surface area contributed by atoms with Crippen LogP contribution in [0, 0.1) is 5.82 Å². The van der Waals surface area contributed by atoms with Gasteiger partial charge in [0.1, 0.15) is 5.82 Å². The molecular formula is C14H10FN3. The molecule has 1 aromatic carbocycles. The van der Waals surface area contributed by atoms with Crippen molar-refractivity contribution in [2.75, 3.05) is 0 Å². The third-order valence-corrected chi connectivity index (χ3v) is 2.64. The first-order chi connectivity index (χ1) is 8.83. The smallest absolute Gasteiger partial charge is 0.123 e. The monoisotopic (exact) mass is 239 g/mol. The van der Waals surface area contributed by atoms with Gasteiger partial charge in [-0.15, -0.1) is 0 Å². The topological polar surface area (TPSA) is 30.7 Å². The van der Waals surface area contributed by atoms with Crippen LogP contribution < -0.4 is 0 Å². The maximum absolute atomic E-state index is 13.1.